The SMILES string of the molecule is Cc1cc(Cn2c(CCCl)nc3cc(F)ccc32)on1. The van der Waals surface area contributed by atoms with Crippen LogP contribution in [0.15, 0.2) is 28.8 Å². The third kappa shape index (κ3) is 2.41. The third-order valence-corrected chi connectivity index (χ3v) is 3.29. The standard InChI is InChI=1S/C14H13ClFN3O/c1-9-6-11(20-18-9)8-19-13-3-2-10(16)7-12(13)17-14(19)4-5-15/h2-3,6-7H,4-5,8H2,1H3. The van der Waals surface area contributed by atoms with E-state index < -0.39 is 0 Å². The number of halogens is 2. The lowest BCUT2D eigenvalue weighted by atomic mass is 10.3. The molecule has 0 spiro atoms. The van der Waals surface area contributed by atoms with Crippen LogP contribution >= 0.6 is 11.6 Å². The molecule has 20 heavy (non-hydrogen) atoms. The number of aryl methyl sites for hydroxylation is 2. The summed E-state index contributed by atoms with van der Waals surface area (Å²) < 4.78 is 20.5. The Morgan fingerprint density at radius 1 is 1.35 bits per heavy atom. The van der Waals surface area contributed by atoms with Crippen LogP contribution in [0, 0.1) is 12.7 Å². The summed E-state index contributed by atoms with van der Waals surface area (Å²) in [4.78, 5) is 4.44. The van der Waals surface area contributed by atoms with Crippen LogP contribution in [0.2, 0.25) is 0 Å². The Labute approximate surface area is 120 Å². The fourth-order valence-electron chi connectivity index (χ4n) is 2.25. The molecule has 0 aliphatic rings. The van der Waals surface area contributed by atoms with E-state index in [2.05, 4.69) is 10.1 Å². The summed E-state index contributed by atoms with van der Waals surface area (Å²) in [5.41, 5.74) is 2.32. The van der Waals surface area contributed by atoms with Gasteiger partial charge in [0.15, 0.2) is 5.76 Å². The number of hydrogen-bond donors (Lipinski definition) is 0. The molecule has 0 saturated carbocycles. The maximum Gasteiger partial charge on any atom is 0.156 e. The molecule has 0 fully saturated rings. The number of benzene rings is 1. The lowest BCUT2D eigenvalue weighted by molar-refractivity contribution is 0.373. The molecule has 0 aliphatic heterocycles. The minimum atomic E-state index is -0.296. The highest BCUT2D eigenvalue weighted by Crippen LogP contribution is 2.20. The van der Waals surface area contributed by atoms with E-state index in [4.69, 9.17) is 16.1 Å². The Bertz CT molecular complexity index is 750. The van der Waals surface area contributed by atoms with Gasteiger partial charge in [-0.15, -0.1) is 11.6 Å². The number of aromatic nitrogens is 3. The van der Waals surface area contributed by atoms with Gasteiger partial charge in [0, 0.05) is 24.4 Å². The summed E-state index contributed by atoms with van der Waals surface area (Å²) >= 11 is 5.81. The predicted octanol–water partition coefficient (Wildman–Crippen LogP) is 3.30. The van der Waals surface area contributed by atoms with Crippen molar-refractivity contribution >= 4 is 22.6 Å². The number of imidazole rings is 1. The molecule has 104 valence electrons. The second kappa shape index (κ2) is 5.25. The van der Waals surface area contributed by atoms with Gasteiger partial charge in [-0.1, -0.05) is 5.16 Å². The van der Waals surface area contributed by atoms with Gasteiger partial charge in [0.25, 0.3) is 0 Å². The average molecular weight is 294 g/mol. The van der Waals surface area contributed by atoms with Gasteiger partial charge in [-0.25, -0.2) is 9.37 Å². The zero-order valence-corrected chi connectivity index (χ0v) is 11.7. The second-order valence-electron chi connectivity index (χ2n) is 4.62. The van der Waals surface area contributed by atoms with Gasteiger partial charge in [-0.3, -0.25) is 0 Å². The van der Waals surface area contributed by atoms with E-state index in [9.17, 15) is 4.39 Å². The van der Waals surface area contributed by atoms with E-state index in [1.165, 1.54) is 12.1 Å². The Hall–Kier alpha value is -1.88. The fourth-order valence-corrected chi connectivity index (χ4v) is 2.42. The Balaban J connectivity index is 2.08. The highest BCUT2D eigenvalue weighted by atomic mass is 35.5. The number of nitrogens with zero attached hydrogens (tertiary/aromatic N) is 3. The van der Waals surface area contributed by atoms with E-state index in [1.54, 1.807) is 6.07 Å². The van der Waals surface area contributed by atoms with Crippen molar-refractivity contribution in [2.24, 2.45) is 0 Å². The molecule has 3 aromatic rings. The van der Waals surface area contributed by atoms with Crippen molar-refractivity contribution in [1.29, 1.82) is 0 Å². The average Bonchev–Trinajstić information content (AvgIpc) is 2.95. The highest BCUT2D eigenvalue weighted by Gasteiger charge is 2.13. The van der Waals surface area contributed by atoms with Crippen LogP contribution in [0.5, 0.6) is 0 Å². The van der Waals surface area contributed by atoms with Crippen molar-refractivity contribution in [3.63, 3.8) is 0 Å². The molecule has 0 saturated heterocycles. The first kappa shape index (κ1) is 13.1. The van der Waals surface area contributed by atoms with Crippen LogP contribution in [0.1, 0.15) is 17.3 Å². The van der Waals surface area contributed by atoms with E-state index in [1.807, 2.05) is 17.6 Å². The normalized spacial score (nSPS) is 11.3. The minimum absolute atomic E-state index is 0.296. The molecule has 0 unspecified atom stereocenters. The summed E-state index contributed by atoms with van der Waals surface area (Å²) in [5.74, 6) is 1.72. The lowest BCUT2D eigenvalue weighted by Crippen LogP contribution is -2.05. The number of alkyl halides is 1. The van der Waals surface area contributed by atoms with Crippen molar-refractivity contribution in [3.05, 3.63) is 47.4 Å². The van der Waals surface area contributed by atoms with Gasteiger partial charge in [0.2, 0.25) is 0 Å². The summed E-state index contributed by atoms with van der Waals surface area (Å²) in [5, 5.41) is 3.87. The number of hydrogen-bond acceptors (Lipinski definition) is 3. The molecule has 0 bridgehead atoms. The first-order valence-corrected chi connectivity index (χ1v) is 6.83. The van der Waals surface area contributed by atoms with Crippen LogP contribution < -0.4 is 0 Å². The van der Waals surface area contributed by atoms with Gasteiger partial charge in [-0.05, 0) is 19.1 Å². The molecular weight excluding hydrogens is 281 g/mol. The van der Waals surface area contributed by atoms with Crippen molar-refractivity contribution < 1.29 is 8.91 Å². The number of rotatable bonds is 4. The van der Waals surface area contributed by atoms with E-state index in [0.717, 1.165) is 22.8 Å². The summed E-state index contributed by atoms with van der Waals surface area (Å²) in [6, 6.07) is 6.45. The smallest absolute Gasteiger partial charge is 0.156 e. The molecule has 2 aromatic heterocycles. The van der Waals surface area contributed by atoms with E-state index >= 15 is 0 Å². The van der Waals surface area contributed by atoms with Crippen molar-refractivity contribution in [1.82, 2.24) is 14.7 Å². The molecule has 0 amide bonds. The van der Waals surface area contributed by atoms with Gasteiger partial charge < -0.3 is 9.09 Å². The zero-order valence-electron chi connectivity index (χ0n) is 10.9. The van der Waals surface area contributed by atoms with Crippen LogP contribution in [0.4, 0.5) is 4.39 Å². The molecular formula is C14H13ClFN3O. The van der Waals surface area contributed by atoms with Crippen molar-refractivity contribution in [2.75, 3.05) is 5.88 Å². The van der Waals surface area contributed by atoms with Crippen LogP contribution in [0.3, 0.4) is 0 Å². The maximum atomic E-state index is 13.3. The summed E-state index contributed by atoms with van der Waals surface area (Å²) in [7, 11) is 0. The summed E-state index contributed by atoms with van der Waals surface area (Å²) in [6.07, 6.45) is 0.616. The van der Waals surface area contributed by atoms with Crippen molar-refractivity contribution in [3.8, 4) is 0 Å². The minimum Gasteiger partial charge on any atom is -0.359 e. The topological polar surface area (TPSA) is 43.9 Å². The Morgan fingerprint density at radius 2 is 2.20 bits per heavy atom. The van der Waals surface area contributed by atoms with Gasteiger partial charge in [0.1, 0.15) is 11.6 Å². The first-order chi connectivity index (χ1) is 9.67. The molecule has 6 heteroatoms. The largest absolute Gasteiger partial charge is 0.359 e. The molecule has 0 radical (unpaired) electrons. The van der Waals surface area contributed by atoms with E-state index in [-0.39, 0.29) is 5.82 Å². The number of fused-ring (bicyclic) bond motifs is 1. The zero-order chi connectivity index (χ0) is 14.1. The van der Waals surface area contributed by atoms with Crippen LogP contribution in [0.25, 0.3) is 11.0 Å². The van der Waals surface area contributed by atoms with Gasteiger partial charge in [-0.2, -0.15) is 0 Å². The molecule has 0 atom stereocenters. The summed E-state index contributed by atoms with van der Waals surface area (Å²) in [6.45, 7) is 2.38. The van der Waals surface area contributed by atoms with Gasteiger partial charge >= 0.3 is 0 Å². The molecule has 0 aliphatic carbocycles. The van der Waals surface area contributed by atoms with Crippen LogP contribution in [-0.2, 0) is 13.0 Å². The van der Waals surface area contributed by atoms with Crippen LogP contribution in [-0.4, -0.2) is 20.6 Å². The monoisotopic (exact) mass is 293 g/mol. The molecule has 3 rings (SSSR count). The predicted molar refractivity (Wildman–Crippen MR) is 74.5 cm³/mol. The Kier molecular flexibility index (Phi) is 3.44. The Morgan fingerprint density at radius 3 is 2.90 bits per heavy atom. The quantitative estimate of drug-likeness (QED) is 0.693. The second-order valence-corrected chi connectivity index (χ2v) is 5.00. The first-order valence-electron chi connectivity index (χ1n) is 6.30. The molecule has 0 N–H and O–H groups in total. The molecule has 1 aromatic carbocycles. The molecule has 4 nitrogen and oxygen atoms in total. The van der Waals surface area contributed by atoms with E-state index in [0.29, 0.717) is 24.4 Å². The lowest BCUT2D eigenvalue weighted by Gasteiger charge is -2.05. The van der Waals surface area contributed by atoms with Gasteiger partial charge in [0.05, 0.1) is 23.3 Å². The fraction of sp³-hybridized carbons (Fsp3) is 0.286. The highest BCUT2D eigenvalue weighted by molar-refractivity contribution is 6.17. The molecule has 2 heterocycles. The maximum absolute atomic E-state index is 13.3. The van der Waals surface area contributed by atoms with Crippen molar-refractivity contribution in [2.45, 2.75) is 19.9 Å². The third-order valence-electron chi connectivity index (χ3n) is 3.10.